The quantitative estimate of drug-likeness (QED) is 0.436. The van der Waals surface area contributed by atoms with Gasteiger partial charge in [0.1, 0.15) is 16.4 Å². The molecule has 0 heterocycles. The van der Waals surface area contributed by atoms with E-state index >= 15 is 0 Å². The molecule has 0 aliphatic heterocycles. The average molecular weight is 316 g/mol. The summed E-state index contributed by atoms with van der Waals surface area (Å²) in [6.45, 7) is 1.61. The van der Waals surface area contributed by atoms with Crippen LogP contribution >= 0.6 is 0 Å². The lowest BCUT2D eigenvalue weighted by Gasteiger charge is -2.12. The van der Waals surface area contributed by atoms with Gasteiger partial charge in [0.2, 0.25) is 0 Å². The van der Waals surface area contributed by atoms with Crippen molar-refractivity contribution in [3.8, 4) is 11.5 Å². The Labute approximate surface area is 122 Å². The van der Waals surface area contributed by atoms with E-state index in [0.29, 0.717) is 0 Å². The van der Waals surface area contributed by atoms with Crippen LogP contribution in [0, 0.1) is 0 Å². The highest BCUT2D eigenvalue weighted by atomic mass is 32.2. The number of Topliss-reactive ketones (excluding diaryl/α,β-unsaturated/α-hetero) is 1. The van der Waals surface area contributed by atoms with Crippen LogP contribution in [0.5, 0.6) is 11.5 Å². The van der Waals surface area contributed by atoms with Crippen LogP contribution < -0.4 is 9.47 Å². The molecule has 1 aromatic rings. The summed E-state index contributed by atoms with van der Waals surface area (Å²) in [7, 11) is -1.06. The number of methoxy groups -OCH3 is 2. The molecule has 0 radical (unpaired) electrons. The fourth-order valence-electron chi connectivity index (χ4n) is 1.64. The number of sulfone groups is 1. The summed E-state index contributed by atoms with van der Waals surface area (Å²) in [5, 5.41) is 0. The molecule has 0 N–H and O–H groups in total. The lowest BCUT2D eigenvalue weighted by molar-refractivity contribution is -0.137. The first kappa shape index (κ1) is 17.0. The molecule has 0 atom stereocenters. The predicted octanol–water partition coefficient (Wildman–Crippen LogP) is 0.853. The predicted molar refractivity (Wildman–Crippen MR) is 73.6 cm³/mol. The van der Waals surface area contributed by atoms with Crippen molar-refractivity contribution in [1.29, 1.82) is 0 Å². The second-order valence-corrected chi connectivity index (χ2v) is 6.01. The first-order valence-corrected chi connectivity index (χ1v) is 7.82. The number of hydrogen-bond acceptors (Lipinski definition) is 7. The molecule has 1 rings (SSSR count). The molecule has 0 saturated carbocycles. The Kier molecular flexibility index (Phi) is 5.31. The summed E-state index contributed by atoms with van der Waals surface area (Å²) in [5.74, 6) is -2.09. The summed E-state index contributed by atoms with van der Waals surface area (Å²) >= 11 is 0. The van der Waals surface area contributed by atoms with Crippen LogP contribution in [0.15, 0.2) is 17.0 Å². The van der Waals surface area contributed by atoms with E-state index in [2.05, 4.69) is 4.74 Å². The molecule has 0 fully saturated rings. The van der Waals surface area contributed by atoms with Gasteiger partial charge in [-0.15, -0.1) is 0 Å². The molecule has 0 saturated heterocycles. The molecular formula is C13H16O7S. The lowest BCUT2D eigenvalue weighted by atomic mass is 10.1. The molecule has 1 aromatic carbocycles. The Hall–Kier alpha value is -2.09. The van der Waals surface area contributed by atoms with Crippen LogP contribution in [-0.2, 0) is 19.4 Å². The standard InChI is InChI=1S/C13H16O7S/c1-5-20-13(15)12(14)8-6-10(19-3)11(21(4,16)17)7-9(8)18-2/h6-7H,5H2,1-4H3. The maximum Gasteiger partial charge on any atom is 0.379 e. The number of ketones is 1. The molecule has 0 amide bonds. The maximum atomic E-state index is 12.0. The van der Waals surface area contributed by atoms with E-state index in [1.807, 2.05) is 0 Å². The number of benzene rings is 1. The van der Waals surface area contributed by atoms with Crippen molar-refractivity contribution in [2.24, 2.45) is 0 Å². The second kappa shape index (κ2) is 6.57. The minimum atomic E-state index is -3.58. The highest BCUT2D eigenvalue weighted by Gasteiger charge is 2.26. The molecule has 0 unspecified atom stereocenters. The summed E-state index contributed by atoms with van der Waals surface area (Å²) in [6, 6.07) is 2.29. The minimum Gasteiger partial charge on any atom is -0.496 e. The Morgan fingerprint density at radius 1 is 1.10 bits per heavy atom. The third-order valence-corrected chi connectivity index (χ3v) is 3.71. The number of ether oxygens (including phenoxy) is 3. The van der Waals surface area contributed by atoms with Crippen molar-refractivity contribution in [3.05, 3.63) is 17.7 Å². The van der Waals surface area contributed by atoms with Crippen LogP contribution in [0.1, 0.15) is 17.3 Å². The molecule has 0 aromatic heterocycles. The third-order valence-electron chi connectivity index (χ3n) is 2.59. The fourth-order valence-corrected chi connectivity index (χ4v) is 2.47. The highest BCUT2D eigenvalue weighted by Crippen LogP contribution is 2.32. The van der Waals surface area contributed by atoms with Gasteiger partial charge in [-0.2, -0.15) is 0 Å². The average Bonchev–Trinajstić information content (AvgIpc) is 2.44. The molecule has 0 aliphatic carbocycles. The van der Waals surface area contributed by atoms with Crippen molar-refractivity contribution in [2.75, 3.05) is 27.1 Å². The van der Waals surface area contributed by atoms with Crippen molar-refractivity contribution < 1.29 is 32.2 Å². The number of hydrogen-bond donors (Lipinski definition) is 0. The van der Waals surface area contributed by atoms with Crippen LogP contribution in [0.4, 0.5) is 0 Å². The molecule has 21 heavy (non-hydrogen) atoms. The van der Waals surface area contributed by atoms with Crippen LogP contribution in [0.25, 0.3) is 0 Å². The van der Waals surface area contributed by atoms with Gasteiger partial charge in [0.25, 0.3) is 5.78 Å². The lowest BCUT2D eigenvalue weighted by Crippen LogP contribution is -2.19. The van der Waals surface area contributed by atoms with E-state index in [1.165, 1.54) is 14.2 Å². The Morgan fingerprint density at radius 3 is 2.10 bits per heavy atom. The summed E-state index contributed by atoms with van der Waals surface area (Å²) in [4.78, 5) is 23.4. The normalized spacial score (nSPS) is 10.9. The largest absolute Gasteiger partial charge is 0.496 e. The van der Waals surface area contributed by atoms with Gasteiger partial charge >= 0.3 is 5.97 Å². The number of esters is 1. The monoisotopic (exact) mass is 316 g/mol. The molecule has 7 nitrogen and oxygen atoms in total. The third kappa shape index (κ3) is 3.72. The highest BCUT2D eigenvalue weighted by molar-refractivity contribution is 7.90. The maximum absolute atomic E-state index is 12.0. The van der Waals surface area contributed by atoms with Crippen molar-refractivity contribution in [1.82, 2.24) is 0 Å². The number of carbonyl (C=O) groups excluding carboxylic acids is 2. The van der Waals surface area contributed by atoms with Gasteiger partial charge in [-0.25, -0.2) is 13.2 Å². The summed E-state index contributed by atoms with van der Waals surface area (Å²) in [6.07, 6.45) is 0.997. The molecule has 8 heteroatoms. The smallest absolute Gasteiger partial charge is 0.379 e. The van der Waals surface area contributed by atoms with Gasteiger partial charge in [-0.05, 0) is 13.0 Å². The van der Waals surface area contributed by atoms with Gasteiger partial charge in [0.15, 0.2) is 9.84 Å². The first-order valence-electron chi connectivity index (χ1n) is 5.93. The molecule has 0 bridgehead atoms. The molecular weight excluding hydrogens is 300 g/mol. The zero-order valence-electron chi connectivity index (χ0n) is 12.1. The summed E-state index contributed by atoms with van der Waals surface area (Å²) in [5.41, 5.74) is -0.125. The van der Waals surface area contributed by atoms with Crippen LogP contribution in [0.3, 0.4) is 0 Å². The molecule has 116 valence electrons. The van der Waals surface area contributed by atoms with E-state index in [9.17, 15) is 18.0 Å². The Balaban J connectivity index is 3.48. The number of carbonyl (C=O) groups is 2. The van der Waals surface area contributed by atoms with Crippen molar-refractivity contribution >= 4 is 21.6 Å². The fraction of sp³-hybridized carbons (Fsp3) is 0.385. The van der Waals surface area contributed by atoms with Crippen molar-refractivity contribution in [3.63, 3.8) is 0 Å². The first-order chi connectivity index (χ1) is 9.76. The van der Waals surface area contributed by atoms with E-state index in [4.69, 9.17) is 9.47 Å². The SMILES string of the molecule is CCOC(=O)C(=O)c1cc(OC)c(S(C)(=O)=O)cc1OC. The zero-order valence-corrected chi connectivity index (χ0v) is 12.9. The van der Waals surface area contributed by atoms with Crippen LogP contribution in [0.2, 0.25) is 0 Å². The topological polar surface area (TPSA) is 96.0 Å². The molecule has 0 aliphatic rings. The van der Waals surface area contributed by atoms with E-state index in [0.717, 1.165) is 18.4 Å². The van der Waals surface area contributed by atoms with Crippen LogP contribution in [-0.4, -0.2) is 47.3 Å². The van der Waals surface area contributed by atoms with Gasteiger partial charge in [0, 0.05) is 12.3 Å². The van der Waals surface area contributed by atoms with Gasteiger partial charge in [-0.3, -0.25) is 4.79 Å². The zero-order chi connectivity index (χ0) is 16.2. The minimum absolute atomic E-state index is 0.0470. The Bertz CT molecular complexity index is 661. The van der Waals surface area contributed by atoms with Gasteiger partial charge in [-0.1, -0.05) is 0 Å². The van der Waals surface area contributed by atoms with Gasteiger partial charge < -0.3 is 14.2 Å². The Morgan fingerprint density at radius 2 is 1.67 bits per heavy atom. The van der Waals surface area contributed by atoms with E-state index in [1.54, 1.807) is 6.92 Å². The molecule has 0 spiro atoms. The number of rotatable bonds is 6. The summed E-state index contributed by atoms with van der Waals surface area (Å²) < 4.78 is 37.9. The van der Waals surface area contributed by atoms with Gasteiger partial charge in [0.05, 0.1) is 26.4 Å². The van der Waals surface area contributed by atoms with E-state index in [-0.39, 0.29) is 28.6 Å². The van der Waals surface area contributed by atoms with Crippen molar-refractivity contribution in [2.45, 2.75) is 11.8 Å². The second-order valence-electron chi connectivity index (χ2n) is 4.03. The van der Waals surface area contributed by atoms with E-state index < -0.39 is 21.6 Å².